The summed E-state index contributed by atoms with van der Waals surface area (Å²) in [5.74, 6) is 0.709. The number of benzene rings is 6. The lowest BCUT2D eigenvalue weighted by Gasteiger charge is -2.25. The average Bonchev–Trinajstić information content (AvgIpc) is 3.41. The molecule has 0 atom stereocenters. The van der Waals surface area contributed by atoms with Crippen LogP contribution in [0.4, 0.5) is 0 Å². The van der Waals surface area contributed by atoms with E-state index < -0.39 is 5.79 Å². The molecule has 0 saturated heterocycles. The number of para-hydroxylation sites is 2. The van der Waals surface area contributed by atoms with E-state index in [4.69, 9.17) is 14.5 Å². The number of hydrogen-bond donors (Lipinski definition) is 0. The van der Waals surface area contributed by atoms with Gasteiger partial charge in [-0.05, 0) is 65.7 Å². The molecule has 48 heavy (non-hydrogen) atoms. The van der Waals surface area contributed by atoms with Gasteiger partial charge in [0, 0.05) is 52.6 Å². The van der Waals surface area contributed by atoms with Crippen LogP contribution in [-0.2, 0) is 0 Å². The third kappa shape index (κ3) is 4.81. The van der Waals surface area contributed by atoms with Crippen LogP contribution in [0.3, 0.4) is 0 Å². The van der Waals surface area contributed by atoms with E-state index in [0.29, 0.717) is 0 Å². The van der Waals surface area contributed by atoms with E-state index in [9.17, 15) is 0 Å². The number of hydrogen-bond acceptors (Lipinski definition) is 3. The van der Waals surface area contributed by atoms with Gasteiger partial charge in [0.1, 0.15) is 11.5 Å². The maximum absolute atomic E-state index is 6.53. The Hall–Kier alpha value is -6.13. The molecular weight excluding hydrogens is 588 g/mol. The van der Waals surface area contributed by atoms with Gasteiger partial charge in [0.25, 0.3) is 0 Å². The van der Waals surface area contributed by atoms with Gasteiger partial charge in [-0.3, -0.25) is 0 Å². The summed E-state index contributed by atoms with van der Waals surface area (Å²) >= 11 is 0. The van der Waals surface area contributed by atoms with Gasteiger partial charge in [-0.1, -0.05) is 103 Å². The molecule has 0 amide bonds. The van der Waals surface area contributed by atoms with Crippen molar-refractivity contribution >= 4 is 21.8 Å². The Morgan fingerprint density at radius 2 is 0.958 bits per heavy atom. The van der Waals surface area contributed by atoms with Crippen LogP contribution in [0.1, 0.15) is 13.8 Å². The van der Waals surface area contributed by atoms with Crippen molar-refractivity contribution < 1.29 is 9.47 Å². The number of ether oxygens (including phenoxy) is 2. The summed E-state index contributed by atoms with van der Waals surface area (Å²) < 4.78 is 15.4. The second-order valence-electron chi connectivity index (χ2n) is 12.7. The minimum Gasteiger partial charge on any atom is -0.452 e. The number of nitrogens with zero attached hydrogens (tertiary/aromatic N) is 2. The van der Waals surface area contributed by atoms with Crippen LogP contribution in [0.25, 0.3) is 72.3 Å². The van der Waals surface area contributed by atoms with Gasteiger partial charge in [-0.2, -0.15) is 0 Å². The molecule has 0 bridgehead atoms. The lowest BCUT2D eigenvalue weighted by molar-refractivity contribution is -0.0778. The molecule has 0 spiro atoms. The monoisotopic (exact) mass is 620 g/mol. The zero-order valence-corrected chi connectivity index (χ0v) is 26.7. The number of fused-ring (bicyclic) bond motifs is 6. The van der Waals surface area contributed by atoms with E-state index in [1.807, 2.05) is 26.0 Å². The third-order valence-corrected chi connectivity index (χ3v) is 9.08. The Morgan fingerprint density at radius 1 is 0.458 bits per heavy atom. The van der Waals surface area contributed by atoms with Crippen molar-refractivity contribution in [1.29, 1.82) is 0 Å². The van der Waals surface area contributed by atoms with E-state index in [1.165, 1.54) is 10.8 Å². The molecule has 0 saturated carbocycles. The number of rotatable bonds is 4. The molecule has 0 N–H and O–H groups in total. The number of aromatic nitrogens is 2. The van der Waals surface area contributed by atoms with Crippen molar-refractivity contribution in [3.05, 3.63) is 158 Å². The maximum Gasteiger partial charge on any atom is 0.245 e. The topological polar surface area (TPSA) is 36.3 Å². The van der Waals surface area contributed by atoms with Gasteiger partial charge >= 0.3 is 0 Å². The first kappa shape index (κ1) is 28.1. The van der Waals surface area contributed by atoms with Crippen molar-refractivity contribution in [3.63, 3.8) is 0 Å². The fourth-order valence-corrected chi connectivity index (χ4v) is 6.93. The molecule has 1 aliphatic rings. The van der Waals surface area contributed by atoms with Crippen molar-refractivity contribution in [2.24, 2.45) is 0 Å². The highest BCUT2D eigenvalue weighted by Gasteiger charge is 2.30. The van der Waals surface area contributed by atoms with Crippen molar-refractivity contribution in [2.75, 3.05) is 0 Å². The highest BCUT2D eigenvalue weighted by Crippen LogP contribution is 2.46. The van der Waals surface area contributed by atoms with Gasteiger partial charge in [-0.15, -0.1) is 0 Å². The standard InChI is InChI=1S/C44H32N2O2/c1-44(2)47-42-23-21-31(32-26-38(29-13-5-3-6-14-29)45-39(27-32)30-15-7-4-8-16-30)25-36(42)37-28-33(22-24-43(37)48-44)46-40-19-11-9-17-34(40)35-18-10-12-20-41(35)46/h3-28H,1-2H3. The highest BCUT2D eigenvalue weighted by atomic mass is 16.7. The molecule has 0 unspecified atom stereocenters. The molecule has 8 aromatic rings. The van der Waals surface area contributed by atoms with Crippen LogP contribution < -0.4 is 9.47 Å². The first-order valence-electron chi connectivity index (χ1n) is 16.3. The molecule has 0 fully saturated rings. The first-order chi connectivity index (χ1) is 23.5. The zero-order chi connectivity index (χ0) is 32.2. The Balaban J connectivity index is 1.25. The van der Waals surface area contributed by atoms with Crippen LogP contribution in [0.5, 0.6) is 11.5 Å². The Labute approximate surface area is 279 Å². The van der Waals surface area contributed by atoms with Crippen LogP contribution in [0.2, 0.25) is 0 Å². The van der Waals surface area contributed by atoms with Crippen LogP contribution in [-0.4, -0.2) is 15.3 Å². The molecule has 230 valence electrons. The first-order valence-corrected chi connectivity index (χ1v) is 16.3. The van der Waals surface area contributed by atoms with Gasteiger partial charge in [0.15, 0.2) is 0 Å². The second kappa shape index (κ2) is 11.0. The van der Waals surface area contributed by atoms with E-state index in [2.05, 4.69) is 150 Å². The molecule has 1 aliphatic heterocycles. The van der Waals surface area contributed by atoms with E-state index in [1.54, 1.807) is 0 Å². The zero-order valence-electron chi connectivity index (χ0n) is 26.7. The van der Waals surface area contributed by atoms with E-state index >= 15 is 0 Å². The normalized spacial score (nSPS) is 13.3. The summed E-state index contributed by atoms with van der Waals surface area (Å²) in [6.45, 7) is 3.92. The second-order valence-corrected chi connectivity index (χ2v) is 12.7. The third-order valence-electron chi connectivity index (χ3n) is 9.08. The Kier molecular flexibility index (Phi) is 6.44. The highest BCUT2D eigenvalue weighted by molar-refractivity contribution is 6.09. The average molecular weight is 621 g/mol. The van der Waals surface area contributed by atoms with Gasteiger partial charge < -0.3 is 14.0 Å². The summed E-state index contributed by atoms with van der Waals surface area (Å²) in [5, 5.41) is 2.46. The van der Waals surface area contributed by atoms with Crippen LogP contribution in [0.15, 0.2) is 158 Å². The predicted molar refractivity (Wildman–Crippen MR) is 196 cm³/mol. The summed E-state index contributed by atoms with van der Waals surface area (Å²) in [4.78, 5) is 5.10. The largest absolute Gasteiger partial charge is 0.452 e. The summed E-state index contributed by atoms with van der Waals surface area (Å²) in [5.41, 5.74) is 11.5. The van der Waals surface area contributed by atoms with E-state index in [-0.39, 0.29) is 0 Å². The molecule has 6 aromatic carbocycles. The fraction of sp³-hybridized carbons (Fsp3) is 0.0682. The van der Waals surface area contributed by atoms with Gasteiger partial charge in [-0.25, -0.2) is 4.98 Å². The predicted octanol–water partition coefficient (Wildman–Crippen LogP) is 11.4. The van der Waals surface area contributed by atoms with E-state index in [0.717, 1.165) is 73.0 Å². The lowest BCUT2D eigenvalue weighted by atomic mass is 9.95. The molecule has 3 heterocycles. The van der Waals surface area contributed by atoms with Crippen LogP contribution >= 0.6 is 0 Å². The van der Waals surface area contributed by atoms with Gasteiger partial charge in [0.2, 0.25) is 5.79 Å². The fourth-order valence-electron chi connectivity index (χ4n) is 6.93. The lowest BCUT2D eigenvalue weighted by Crippen LogP contribution is -2.34. The number of pyridine rings is 1. The summed E-state index contributed by atoms with van der Waals surface area (Å²) in [6.07, 6.45) is 0. The minimum atomic E-state index is -0.854. The minimum absolute atomic E-state index is 0.780. The molecule has 4 heteroatoms. The SMILES string of the molecule is CC1(C)Oc2ccc(-c3cc(-c4ccccc4)nc(-c4ccccc4)c3)cc2-c2cc(-n3c4ccccc4c4ccccc43)ccc2O1. The maximum atomic E-state index is 6.53. The molecule has 0 aliphatic carbocycles. The summed E-state index contributed by atoms with van der Waals surface area (Å²) in [6, 6.07) is 55.1. The molecule has 4 nitrogen and oxygen atoms in total. The smallest absolute Gasteiger partial charge is 0.245 e. The van der Waals surface area contributed by atoms with Crippen LogP contribution in [0, 0.1) is 0 Å². The van der Waals surface area contributed by atoms with Crippen molar-refractivity contribution in [1.82, 2.24) is 9.55 Å². The molecule has 0 radical (unpaired) electrons. The molecular formula is C44H32N2O2. The quantitative estimate of drug-likeness (QED) is 0.196. The molecule has 2 aromatic heterocycles. The van der Waals surface area contributed by atoms with Gasteiger partial charge in [0.05, 0.1) is 22.4 Å². The van der Waals surface area contributed by atoms with Crippen molar-refractivity contribution in [2.45, 2.75) is 19.6 Å². The molecule has 9 rings (SSSR count). The Bertz CT molecular complexity index is 2370. The van der Waals surface area contributed by atoms with Crippen molar-refractivity contribution in [3.8, 4) is 62.0 Å². The Morgan fingerprint density at radius 3 is 1.54 bits per heavy atom. The summed E-state index contributed by atoms with van der Waals surface area (Å²) in [7, 11) is 0.